The average molecular weight is 307 g/mol. The summed E-state index contributed by atoms with van der Waals surface area (Å²) >= 11 is 0. The van der Waals surface area contributed by atoms with Crippen LogP contribution in [0.3, 0.4) is 0 Å². The maximum atomic E-state index is 12.4. The largest absolute Gasteiger partial charge is 0.280 e. The van der Waals surface area contributed by atoms with Crippen molar-refractivity contribution in [1.29, 1.82) is 0 Å². The van der Waals surface area contributed by atoms with E-state index in [9.17, 15) is 8.42 Å². The van der Waals surface area contributed by atoms with E-state index in [-0.39, 0.29) is 4.90 Å². The number of anilines is 1. The van der Waals surface area contributed by atoms with Crippen molar-refractivity contribution < 1.29 is 8.42 Å². The van der Waals surface area contributed by atoms with Gasteiger partial charge in [-0.05, 0) is 37.5 Å². The number of sulfonamides is 1. The zero-order valence-electron chi connectivity index (χ0n) is 12.8. The van der Waals surface area contributed by atoms with Gasteiger partial charge < -0.3 is 0 Å². The third kappa shape index (κ3) is 3.26. The van der Waals surface area contributed by atoms with Gasteiger partial charge in [0.25, 0.3) is 10.0 Å². The summed E-state index contributed by atoms with van der Waals surface area (Å²) in [6.07, 6.45) is 1.39. The molecule has 1 aromatic carbocycles. The van der Waals surface area contributed by atoms with Gasteiger partial charge in [0, 0.05) is 12.2 Å². The van der Waals surface area contributed by atoms with Crippen molar-refractivity contribution in [2.24, 2.45) is 0 Å². The van der Waals surface area contributed by atoms with E-state index in [0.29, 0.717) is 23.8 Å². The molecule has 0 aliphatic rings. The Hall–Kier alpha value is -1.82. The number of hydrogen-bond acceptors (Lipinski definition) is 3. The van der Waals surface area contributed by atoms with E-state index in [1.165, 1.54) is 11.8 Å². The monoisotopic (exact) mass is 307 g/mol. The van der Waals surface area contributed by atoms with E-state index in [1.54, 1.807) is 23.7 Å². The second kappa shape index (κ2) is 5.89. The van der Waals surface area contributed by atoms with Gasteiger partial charge in [-0.2, -0.15) is 5.10 Å². The van der Waals surface area contributed by atoms with Crippen LogP contribution in [0.4, 0.5) is 5.69 Å². The summed E-state index contributed by atoms with van der Waals surface area (Å²) < 4.78 is 29.1. The van der Waals surface area contributed by atoms with E-state index >= 15 is 0 Å². The van der Waals surface area contributed by atoms with Crippen LogP contribution in [-0.2, 0) is 16.6 Å². The zero-order valence-corrected chi connectivity index (χ0v) is 13.6. The van der Waals surface area contributed by atoms with Crippen molar-refractivity contribution in [3.63, 3.8) is 0 Å². The molecule has 0 fully saturated rings. The molecule has 0 atom stereocenters. The first kappa shape index (κ1) is 15.6. The Labute approximate surface area is 126 Å². The standard InChI is InChI=1S/C15H21N3O2S/c1-5-18-12(4)15(10-16-18)21(19,20)17-14-8-6-13(7-9-14)11(2)3/h6-11,17H,5H2,1-4H3. The van der Waals surface area contributed by atoms with Crippen molar-refractivity contribution in [2.45, 2.75) is 45.1 Å². The van der Waals surface area contributed by atoms with Gasteiger partial charge in [-0.15, -0.1) is 0 Å². The van der Waals surface area contributed by atoms with Crippen molar-refractivity contribution in [1.82, 2.24) is 9.78 Å². The summed E-state index contributed by atoms with van der Waals surface area (Å²) in [5, 5.41) is 4.08. The number of nitrogens with one attached hydrogen (secondary N) is 1. The highest BCUT2D eigenvalue weighted by Crippen LogP contribution is 2.21. The number of nitrogens with zero attached hydrogens (tertiary/aromatic N) is 2. The SMILES string of the molecule is CCn1ncc(S(=O)(=O)Nc2ccc(C(C)C)cc2)c1C. The minimum absolute atomic E-state index is 0.220. The van der Waals surface area contributed by atoms with Crippen LogP contribution in [0.5, 0.6) is 0 Å². The first-order chi connectivity index (χ1) is 9.85. The van der Waals surface area contributed by atoms with E-state index < -0.39 is 10.0 Å². The molecular weight excluding hydrogens is 286 g/mol. The van der Waals surface area contributed by atoms with Crippen molar-refractivity contribution in [2.75, 3.05) is 4.72 Å². The molecular formula is C15H21N3O2S. The van der Waals surface area contributed by atoms with Crippen molar-refractivity contribution >= 4 is 15.7 Å². The first-order valence-electron chi connectivity index (χ1n) is 7.00. The molecule has 0 bridgehead atoms. The minimum atomic E-state index is -3.60. The second-order valence-electron chi connectivity index (χ2n) is 5.29. The molecule has 21 heavy (non-hydrogen) atoms. The van der Waals surface area contributed by atoms with Crippen LogP contribution in [0.25, 0.3) is 0 Å². The van der Waals surface area contributed by atoms with Crippen LogP contribution < -0.4 is 4.72 Å². The summed E-state index contributed by atoms with van der Waals surface area (Å²) in [5.74, 6) is 0.417. The van der Waals surface area contributed by atoms with E-state index in [1.807, 2.05) is 19.1 Å². The molecule has 6 heteroatoms. The molecule has 0 aliphatic heterocycles. The van der Waals surface area contributed by atoms with Crippen LogP contribution in [0.15, 0.2) is 35.4 Å². The molecule has 0 aliphatic carbocycles. The fourth-order valence-electron chi connectivity index (χ4n) is 2.16. The summed E-state index contributed by atoms with van der Waals surface area (Å²) in [7, 11) is -3.60. The van der Waals surface area contributed by atoms with Crippen LogP contribution in [-0.4, -0.2) is 18.2 Å². The van der Waals surface area contributed by atoms with Gasteiger partial charge in [-0.1, -0.05) is 26.0 Å². The van der Waals surface area contributed by atoms with E-state index in [4.69, 9.17) is 0 Å². The molecule has 0 spiro atoms. The second-order valence-corrected chi connectivity index (χ2v) is 6.94. The predicted molar refractivity (Wildman–Crippen MR) is 84.0 cm³/mol. The quantitative estimate of drug-likeness (QED) is 0.923. The Morgan fingerprint density at radius 2 is 1.86 bits per heavy atom. The highest BCUT2D eigenvalue weighted by Gasteiger charge is 2.20. The van der Waals surface area contributed by atoms with E-state index in [2.05, 4.69) is 23.7 Å². The summed E-state index contributed by atoms with van der Waals surface area (Å²) in [4.78, 5) is 0.220. The molecule has 0 unspecified atom stereocenters. The maximum Gasteiger partial charge on any atom is 0.265 e. The Balaban J connectivity index is 2.26. The maximum absolute atomic E-state index is 12.4. The van der Waals surface area contributed by atoms with Crippen LogP contribution >= 0.6 is 0 Å². The van der Waals surface area contributed by atoms with Crippen molar-refractivity contribution in [3.8, 4) is 0 Å². The smallest absolute Gasteiger partial charge is 0.265 e. The molecule has 1 N–H and O–H groups in total. The number of aromatic nitrogens is 2. The highest BCUT2D eigenvalue weighted by atomic mass is 32.2. The lowest BCUT2D eigenvalue weighted by Crippen LogP contribution is -2.14. The molecule has 5 nitrogen and oxygen atoms in total. The normalized spacial score (nSPS) is 11.9. The van der Waals surface area contributed by atoms with Gasteiger partial charge >= 0.3 is 0 Å². The molecule has 0 radical (unpaired) electrons. The van der Waals surface area contributed by atoms with Crippen LogP contribution in [0.1, 0.15) is 37.9 Å². The zero-order chi connectivity index (χ0) is 15.6. The summed E-state index contributed by atoms with van der Waals surface area (Å²) in [6, 6.07) is 7.44. The van der Waals surface area contributed by atoms with Gasteiger partial charge in [-0.3, -0.25) is 9.40 Å². The first-order valence-corrected chi connectivity index (χ1v) is 8.48. The third-order valence-corrected chi connectivity index (χ3v) is 4.96. The number of aryl methyl sites for hydroxylation is 1. The van der Waals surface area contributed by atoms with Gasteiger partial charge in [0.05, 0.1) is 11.9 Å². The molecule has 2 aromatic rings. The van der Waals surface area contributed by atoms with E-state index in [0.717, 1.165) is 0 Å². The number of benzene rings is 1. The minimum Gasteiger partial charge on any atom is -0.280 e. The Morgan fingerprint density at radius 3 is 2.33 bits per heavy atom. The highest BCUT2D eigenvalue weighted by molar-refractivity contribution is 7.92. The third-order valence-electron chi connectivity index (χ3n) is 3.48. The Morgan fingerprint density at radius 1 is 1.24 bits per heavy atom. The molecule has 1 aromatic heterocycles. The number of hydrogen-bond donors (Lipinski definition) is 1. The molecule has 114 valence electrons. The fourth-order valence-corrected chi connectivity index (χ4v) is 3.39. The van der Waals surface area contributed by atoms with Gasteiger partial charge in [0.1, 0.15) is 4.90 Å². The topological polar surface area (TPSA) is 64.0 Å². The lowest BCUT2D eigenvalue weighted by atomic mass is 10.0. The van der Waals surface area contributed by atoms with Crippen LogP contribution in [0, 0.1) is 6.92 Å². The van der Waals surface area contributed by atoms with Gasteiger partial charge in [0.2, 0.25) is 0 Å². The van der Waals surface area contributed by atoms with Crippen molar-refractivity contribution in [3.05, 3.63) is 41.7 Å². The number of rotatable bonds is 5. The lowest BCUT2D eigenvalue weighted by molar-refractivity contribution is 0.598. The fraction of sp³-hybridized carbons (Fsp3) is 0.400. The van der Waals surface area contributed by atoms with Gasteiger partial charge in [-0.25, -0.2) is 8.42 Å². The molecule has 0 saturated carbocycles. The summed E-state index contributed by atoms with van der Waals surface area (Å²) in [5.41, 5.74) is 2.37. The summed E-state index contributed by atoms with van der Waals surface area (Å²) in [6.45, 7) is 8.52. The average Bonchev–Trinajstić information content (AvgIpc) is 2.80. The molecule has 2 rings (SSSR count). The Bertz CT molecular complexity index is 716. The Kier molecular flexibility index (Phi) is 4.37. The molecule has 0 amide bonds. The lowest BCUT2D eigenvalue weighted by Gasteiger charge is -2.10. The van der Waals surface area contributed by atoms with Crippen LogP contribution in [0.2, 0.25) is 0 Å². The predicted octanol–water partition coefficient (Wildman–Crippen LogP) is 3.14. The molecule has 1 heterocycles. The van der Waals surface area contributed by atoms with Gasteiger partial charge in [0.15, 0.2) is 0 Å². The molecule has 0 saturated heterocycles.